The minimum absolute atomic E-state index is 0.0458. The Morgan fingerprint density at radius 3 is 2.44 bits per heavy atom. The van der Waals surface area contributed by atoms with E-state index in [1.54, 1.807) is 18.6 Å². The Hall–Kier alpha value is -2.77. The van der Waals surface area contributed by atoms with E-state index in [4.69, 9.17) is 0 Å². The highest BCUT2D eigenvalue weighted by atomic mass is 16.2. The maximum absolute atomic E-state index is 12.8. The standard InChI is InChI=1S/C19H24N6O2/c26-18(5-4-15-10-20-14-21-11-15)24-8-3-9-25-17(13-24)16(12-22-25)19(27)23-6-1-2-7-23/h10-12,14H,1-9,13H2. The number of aromatic nitrogens is 4. The second-order valence-corrected chi connectivity index (χ2v) is 7.14. The van der Waals surface area contributed by atoms with E-state index < -0.39 is 0 Å². The zero-order valence-corrected chi connectivity index (χ0v) is 15.4. The van der Waals surface area contributed by atoms with Crippen LogP contribution >= 0.6 is 0 Å². The number of hydrogen-bond donors (Lipinski definition) is 0. The number of rotatable bonds is 4. The first kappa shape index (κ1) is 17.6. The summed E-state index contributed by atoms with van der Waals surface area (Å²) in [5.41, 5.74) is 2.46. The Morgan fingerprint density at radius 1 is 0.926 bits per heavy atom. The van der Waals surface area contributed by atoms with Gasteiger partial charge in [0.2, 0.25) is 5.91 Å². The van der Waals surface area contributed by atoms with E-state index >= 15 is 0 Å². The van der Waals surface area contributed by atoms with Gasteiger partial charge in [0.05, 0.1) is 24.0 Å². The molecule has 1 fully saturated rings. The number of hydrogen-bond acceptors (Lipinski definition) is 5. The highest BCUT2D eigenvalue weighted by molar-refractivity contribution is 5.95. The zero-order valence-electron chi connectivity index (χ0n) is 15.4. The van der Waals surface area contributed by atoms with Gasteiger partial charge in [-0.05, 0) is 31.2 Å². The predicted octanol–water partition coefficient (Wildman–Crippen LogP) is 1.27. The number of carbonyl (C=O) groups excluding carboxylic acids is 2. The summed E-state index contributed by atoms with van der Waals surface area (Å²) < 4.78 is 1.89. The molecule has 0 bridgehead atoms. The maximum atomic E-state index is 12.8. The molecular formula is C19H24N6O2. The van der Waals surface area contributed by atoms with Crippen LogP contribution in [0.4, 0.5) is 0 Å². The molecule has 0 unspecified atom stereocenters. The first-order valence-corrected chi connectivity index (χ1v) is 9.58. The van der Waals surface area contributed by atoms with Gasteiger partial charge in [-0.2, -0.15) is 5.10 Å². The molecule has 2 amide bonds. The third-order valence-electron chi connectivity index (χ3n) is 5.31. The van der Waals surface area contributed by atoms with Gasteiger partial charge in [0.15, 0.2) is 0 Å². The van der Waals surface area contributed by atoms with Crippen molar-refractivity contribution in [1.29, 1.82) is 0 Å². The average Bonchev–Trinajstić information content (AvgIpc) is 3.32. The van der Waals surface area contributed by atoms with Crippen molar-refractivity contribution in [3.05, 3.63) is 41.7 Å². The second kappa shape index (κ2) is 7.85. The van der Waals surface area contributed by atoms with Crippen molar-refractivity contribution < 1.29 is 9.59 Å². The lowest BCUT2D eigenvalue weighted by Crippen LogP contribution is -2.33. The number of carbonyl (C=O) groups is 2. The van der Waals surface area contributed by atoms with Crippen molar-refractivity contribution in [3.63, 3.8) is 0 Å². The Labute approximate surface area is 158 Å². The van der Waals surface area contributed by atoms with Crippen LogP contribution in [0.2, 0.25) is 0 Å². The van der Waals surface area contributed by atoms with Gasteiger partial charge >= 0.3 is 0 Å². The van der Waals surface area contributed by atoms with Gasteiger partial charge < -0.3 is 9.80 Å². The van der Waals surface area contributed by atoms with Crippen molar-refractivity contribution in [3.8, 4) is 0 Å². The van der Waals surface area contributed by atoms with E-state index in [9.17, 15) is 9.59 Å². The van der Waals surface area contributed by atoms with E-state index in [2.05, 4.69) is 15.1 Å². The molecule has 27 heavy (non-hydrogen) atoms. The summed E-state index contributed by atoms with van der Waals surface area (Å²) in [5.74, 6) is 0.137. The molecule has 8 heteroatoms. The minimum atomic E-state index is 0.0458. The Kier molecular flexibility index (Phi) is 5.13. The monoisotopic (exact) mass is 368 g/mol. The molecule has 0 aliphatic carbocycles. The van der Waals surface area contributed by atoms with Crippen molar-refractivity contribution in [2.24, 2.45) is 0 Å². The van der Waals surface area contributed by atoms with Crippen LogP contribution in [-0.2, 0) is 24.3 Å². The molecule has 0 atom stereocenters. The smallest absolute Gasteiger partial charge is 0.257 e. The van der Waals surface area contributed by atoms with E-state index in [0.29, 0.717) is 31.5 Å². The maximum Gasteiger partial charge on any atom is 0.257 e. The van der Waals surface area contributed by atoms with Crippen LogP contribution in [0, 0.1) is 0 Å². The SMILES string of the molecule is O=C(CCc1cncnc1)N1CCCn2ncc(C(=O)N3CCCC3)c2C1. The highest BCUT2D eigenvalue weighted by Gasteiger charge is 2.28. The largest absolute Gasteiger partial charge is 0.339 e. The lowest BCUT2D eigenvalue weighted by Gasteiger charge is -2.21. The molecule has 0 radical (unpaired) electrons. The molecule has 1 saturated heterocycles. The summed E-state index contributed by atoms with van der Waals surface area (Å²) in [5, 5.41) is 4.41. The molecule has 2 aromatic rings. The van der Waals surface area contributed by atoms with Gasteiger partial charge in [-0.1, -0.05) is 0 Å². The fourth-order valence-electron chi connectivity index (χ4n) is 3.79. The van der Waals surface area contributed by atoms with Crippen LogP contribution < -0.4 is 0 Å². The number of likely N-dealkylation sites (tertiary alicyclic amines) is 1. The van der Waals surface area contributed by atoms with Crippen LogP contribution in [0.25, 0.3) is 0 Å². The number of nitrogens with zero attached hydrogens (tertiary/aromatic N) is 6. The van der Waals surface area contributed by atoms with Gasteiger partial charge in [0, 0.05) is 45.0 Å². The summed E-state index contributed by atoms with van der Waals surface area (Å²) in [6.07, 6.45) is 10.6. The number of fused-ring (bicyclic) bond motifs is 1. The Morgan fingerprint density at radius 2 is 1.67 bits per heavy atom. The topological polar surface area (TPSA) is 84.2 Å². The quantitative estimate of drug-likeness (QED) is 0.812. The average molecular weight is 368 g/mol. The normalized spacial score (nSPS) is 16.9. The second-order valence-electron chi connectivity index (χ2n) is 7.14. The molecule has 0 spiro atoms. The van der Waals surface area contributed by atoms with Crippen molar-refractivity contribution in [2.75, 3.05) is 19.6 Å². The van der Waals surface area contributed by atoms with Gasteiger partial charge in [-0.15, -0.1) is 0 Å². The molecule has 4 rings (SSSR count). The van der Waals surface area contributed by atoms with E-state index in [0.717, 1.165) is 50.2 Å². The fraction of sp³-hybridized carbons (Fsp3) is 0.526. The molecule has 0 aromatic carbocycles. The number of aryl methyl sites for hydroxylation is 2. The molecule has 2 aliphatic rings. The Bertz CT molecular complexity index is 813. The number of amides is 2. The minimum Gasteiger partial charge on any atom is -0.339 e. The third kappa shape index (κ3) is 3.84. The third-order valence-corrected chi connectivity index (χ3v) is 5.31. The van der Waals surface area contributed by atoms with Gasteiger partial charge in [-0.3, -0.25) is 14.3 Å². The molecule has 8 nitrogen and oxygen atoms in total. The van der Waals surface area contributed by atoms with E-state index in [1.165, 1.54) is 6.33 Å². The molecule has 0 N–H and O–H groups in total. The first-order chi connectivity index (χ1) is 13.2. The highest BCUT2D eigenvalue weighted by Crippen LogP contribution is 2.21. The van der Waals surface area contributed by atoms with Crippen molar-refractivity contribution in [2.45, 2.75) is 45.2 Å². The molecule has 4 heterocycles. The van der Waals surface area contributed by atoms with Crippen molar-refractivity contribution in [1.82, 2.24) is 29.5 Å². The van der Waals surface area contributed by atoms with Gasteiger partial charge in [0.25, 0.3) is 5.91 Å². The lowest BCUT2D eigenvalue weighted by atomic mass is 10.1. The summed E-state index contributed by atoms with van der Waals surface area (Å²) >= 11 is 0. The predicted molar refractivity (Wildman–Crippen MR) is 97.8 cm³/mol. The molecule has 2 aromatic heterocycles. The zero-order chi connectivity index (χ0) is 18.6. The Balaban J connectivity index is 1.46. The molecule has 0 saturated carbocycles. The fourth-order valence-corrected chi connectivity index (χ4v) is 3.79. The van der Waals surface area contributed by atoms with Crippen LogP contribution in [0.1, 0.15) is 47.3 Å². The lowest BCUT2D eigenvalue weighted by molar-refractivity contribution is -0.131. The summed E-state index contributed by atoms with van der Waals surface area (Å²) in [7, 11) is 0. The summed E-state index contributed by atoms with van der Waals surface area (Å²) in [6, 6.07) is 0. The molecule has 142 valence electrons. The van der Waals surface area contributed by atoms with Crippen LogP contribution in [0.5, 0.6) is 0 Å². The first-order valence-electron chi connectivity index (χ1n) is 9.58. The van der Waals surface area contributed by atoms with E-state index in [-0.39, 0.29) is 11.8 Å². The summed E-state index contributed by atoms with van der Waals surface area (Å²) in [6.45, 7) is 3.49. The van der Waals surface area contributed by atoms with Crippen LogP contribution in [-0.4, -0.2) is 61.0 Å². The van der Waals surface area contributed by atoms with Crippen LogP contribution in [0.3, 0.4) is 0 Å². The van der Waals surface area contributed by atoms with Crippen molar-refractivity contribution >= 4 is 11.8 Å². The summed E-state index contributed by atoms with van der Waals surface area (Å²) in [4.78, 5) is 37.3. The molecule has 2 aliphatic heterocycles. The molecular weight excluding hydrogens is 344 g/mol. The van der Waals surface area contributed by atoms with Gasteiger partial charge in [-0.25, -0.2) is 9.97 Å². The van der Waals surface area contributed by atoms with Crippen LogP contribution in [0.15, 0.2) is 24.9 Å². The van der Waals surface area contributed by atoms with E-state index in [1.807, 2.05) is 14.5 Å². The van der Waals surface area contributed by atoms with Gasteiger partial charge in [0.1, 0.15) is 6.33 Å².